The molecule has 1 rings (SSSR count). The van der Waals surface area contributed by atoms with Gasteiger partial charge >= 0.3 is 0 Å². The second-order valence-corrected chi connectivity index (χ2v) is 6.29. The van der Waals surface area contributed by atoms with Crippen LogP contribution in [0, 0.1) is 0 Å². The van der Waals surface area contributed by atoms with Crippen LogP contribution in [0.1, 0.15) is 16.6 Å². The predicted octanol–water partition coefficient (Wildman–Crippen LogP) is 3.04. The van der Waals surface area contributed by atoms with Crippen molar-refractivity contribution in [2.24, 2.45) is 0 Å². The molecule has 3 nitrogen and oxygen atoms in total. The summed E-state index contributed by atoms with van der Waals surface area (Å²) in [5, 5.41) is 2.84. The van der Waals surface area contributed by atoms with Crippen LogP contribution >= 0.6 is 43.2 Å². The zero-order chi connectivity index (χ0) is 11.4. The Hall–Kier alpha value is 0.0900. The smallest absolute Gasteiger partial charge is 0.261 e. The van der Waals surface area contributed by atoms with E-state index in [0.717, 1.165) is 8.26 Å². The molecule has 1 amide bonds. The minimum Gasteiger partial charge on any atom is -0.383 e. The lowest BCUT2D eigenvalue weighted by atomic mass is 10.3. The van der Waals surface area contributed by atoms with Crippen LogP contribution in [0.3, 0.4) is 0 Å². The van der Waals surface area contributed by atoms with Crippen LogP contribution in [0.2, 0.25) is 0 Å². The van der Waals surface area contributed by atoms with Crippen molar-refractivity contribution < 1.29 is 9.53 Å². The molecule has 0 fully saturated rings. The van der Waals surface area contributed by atoms with Crippen molar-refractivity contribution in [3.63, 3.8) is 0 Å². The van der Waals surface area contributed by atoms with Gasteiger partial charge in [-0.05, 0) is 44.8 Å². The Morgan fingerprint density at radius 2 is 2.33 bits per heavy atom. The molecule has 1 heterocycles. The van der Waals surface area contributed by atoms with E-state index in [4.69, 9.17) is 4.74 Å². The molecular weight excluding hydrogens is 346 g/mol. The van der Waals surface area contributed by atoms with E-state index in [1.165, 1.54) is 11.3 Å². The van der Waals surface area contributed by atoms with E-state index in [2.05, 4.69) is 37.2 Å². The fourth-order valence-electron chi connectivity index (χ4n) is 1.05. The minimum atomic E-state index is -0.0732. The molecule has 6 heteroatoms. The lowest BCUT2D eigenvalue weighted by molar-refractivity contribution is 0.0909. The summed E-state index contributed by atoms with van der Waals surface area (Å²) in [6.45, 7) is 2.42. The van der Waals surface area contributed by atoms with Gasteiger partial charge in [-0.15, -0.1) is 11.3 Å². The zero-order valence-corrected chi connectivity index (χ0v) is 12.3. The Kier molecular flexibility index (Phi) is 5.25. The van der Waals surface area contributed by atoms with Crippen molar-refractivity contribution in [2.75, 3.05) is 13.7 Å². The van der Waals surface area contributed by atoms with Gasteiger partial charge in [0, 0.05) is 17.6 Å². The number of hydrogen-bond donors (Lipinski definition) is 1. The van der Waals surface area contributed by atoms with Crippen LogP contribution < -0.4 is 5.32 Å². The second kappa shape index (κ2) is 5.98. The van der Waals surface area contributed by atoms with E-state index < -0.39 is 0 Å². The molecule has 1 atom stereocenters. The van der Waals surface area contributed by atoms with Gasteiger partial charge in [-0.25, -0.2) is 0 Å². The highest BCUT2D eigenvalue weighted by Gasteiger charge is 2.13. The molecule has 0 unspecified atom stereocenters. The van der Waals surface area contributed by atoms with Crippen molar-refractivity contribution in [1.29, 1.82) is 0 Å². The molecule has 0 spiro atoms. The first-order valence-electron chi connectivity index (χ1n) is 4.29. The maximum absolute atomic E-state index is 11.7. The Morgan fingerprint density at radius 1 is 1.67 bits per heavy atom. The summed E-state index contributed by atoms with van der Waals surface area (Å²) >= 11 is 8.09. The van der Waals surface area contributed by atoms with Gasteiger partial charge in [-0.2, -0.15) is 0 Å². The molecule has 1 aromatic rings. The molecule has 1 aromatic heterocycles. The average molecular weight is 357 g/mol. The molecule has 0 radical (unpaired) electrons. The van der Waals surface area contributed by atoms with Crippen molar-refractivity contribution in [3.05, 3.63) is 19.2 Å². The highest BCUT2D eigenvalue weighted by atomic mass is 79.9. The largest absolute Gasteiger partial charge is 0.383 e. The molecular formula is C9H11Br2NO2S. The number of methoxy groups -OCH3 is 1. The summed E-state index contributed by atoms with van der Waals surface area (Å²) in [6, 6.07) is 1.81. The van der Waals surface area contributed by atoms with Gasteiger partial charge in [-0.3, -0.25) is 4.79 Å². The maximum Gasteiger partial charge on any atom is 0.261 e. The number of hydrogen-bond acceptors (Lipinski definition) is 3. The first-order valence-corrected chi connectivity index (χ1v) is 6.69. The quantitative estimate of drug-likeness (QED) is 0.900. The SMILES string of the molecule is COC[C@H](C)NC(=O)c1cc(Br)c(Br)s1. The molecule has 0 aliphatic rings. The third-order valence-electron chi connectivity index (χ3n) is 1.66. The van der Waals surface area contributed by atoms with Gasteiger partial charge in [-0.1, -0.05) is 0 Å². The molecule has 0 saturated heterocycles. The molecule has 0 aliphatic carbocycles. The standard InChI is InChI=1S/C9H11Br2NO2S/c1-5(4-14-2)12-9(13)7-3-6(10)8(11)15-7/h3,5H,4H2,1-2H3,(H,12,13)/t5-/m0/s1. The van der Waals surface area contributed by atoms with Gasteiger partial charge < -0.3 is 10.1 Å². The number of halogens is 2. The molecule has 1 N–H and O–H groups in total. The van der Waals surface area contributed by atoms with Crippen LogP contribution in [0.15, 0.2) is 14.3 Å². The van der Waals surface area contributed by atoms with E-state index in [0.29, 0.717) is 11.5 Å². The van der Waals surface area contributed by atoms with Crippen LogP contribution in [-0.4, -0.2) is 25.7 Å². The Balaban J connectivity index is 2.61. The number of ether oxygens (including phenoxy) is 1. The summed E-state index contributed by atoms with van der Waals surface area (Å²) in [5.74, 6) is -0.0732. The van der Waals surface area contributed by atoms with Crippen LogP contribution in [-0.2, 0) is 4.74 Å². The highest BCUT2D eigenvalue weighted by Crippen LogP contribution is 2.32. The third kappa shape index (κ3) is 3.86. The molecule has 0 aliphatic heterocycles. The first kappa shape index (κ1) is 13.2. The fourth-order valence-corrected chi connectivity index (χ4v) is 2.98. The van der Waals surface area contributed by atoms with Gasteiger partial charge in [0.1, 0.15) is 0 Å². The number of rotatable bonds is 4. The lowest BCUT2D eigenvalue weighted by Crippen LogP contribution is -2.35. The van der Waals surface area contributed by atoms with E-state index >= 15 is 0 Å². The normalized spacial score (nSPS) is 12.5. The fraction of sp³-hybridized carbons (Fsp3) is 0.444. The molecule has 84 valence electrons. The van der Waals surface area contributed by atoms with Gasteiger partial charge in [0.05, 0.1) is 15.3 Å². The summed E-state index contributed by atoms with van der Waals surface area (Å²) < 4.78 is 6.76. The summed E-state index contributed by atoms with van der Waals surface area (Å²) in [5.41, 5.74) is 0. The maximum atomic E-state index is 11.7. The molecule has 15 heavy (non-hydrogen) atoms. The highest BCUT2D eigenvalue weighted by molar-refractivity contribution is 9.13. The molecule has 0 bridgehead atoms. The van der Waals surface area contributed by atoms with Crippen molar-refractivity contribution >= 4 is 49.1 Å². The van der Waals surface area contributed by atoms with E-state index in [1.54, 1.807) is 13.2 Å². The van der Waals surface area contributed by atoms with Crippen LogP contribution in [0.5, 0.6) is 0 Å². The average Bonchev–Trinajstić information content (AvgIpc) is 2.47. The number of amides is 1. The van der Waals surface area contributed by atoms with E-state index in [-0.39, 0.29) is 11.9 Å². The summed E-state index contributed by atoms with van der Waals surface area (Å²) in [7, 11) is 1.61. The minimum absolute atomic E-state index is 0.0159. The third-order valence-corrected chi connectivity index (χ3v) is 4.92. The van der Waals surface area contributed by atoms with Gasteiger partial charge in [0.15, 0.2) is 0 Å². The van der Waals surface area contributed by atoms with Crippen molar-refractivity contribution in [1.82, 2.24) is 5.32 Å². The zero-order valence-electron chi connectivity index (χ0n) is 8.34. The first-order chi connectivity index (χ1) is 7.04. The Morgan fingerprint density at radius 3 is 2.80 bits per heavy atom. The number of thiophene rings is 1. The number of carbonyl (C=O) groups excluding carboxylic acids is 1. The van der Waals surface area contributed by atoms with E-state index in [1.807, 2.05) is 6.92 Å². The van der Waals surface area contributed by atoms with Gasteiger partial charge in [0.25, 0.3) is 5.91 Å². The number of carbonyl (C=O) groups is 1. The lowest BCUT2D eigenvalue weighted by Gasteiger charge is -2.11. The summed E-state index contributed by atoms with van der Waals surface area (Å²) in [4.78, 5) is 12.4. The van der Waals surface area contributed by atoms with Crippen LogP contribution in [0.4, 0.5) is 0 Å². The van der Waals surface area contributed by atoms with Crippen LogP contribution in [0.25, 0.3) is 0 Å². The predicted molar refractivity (Wildman–Crippen MR) is 68.5 cm³/mol. The van der Waals surface area contributed by atoms with E-state index in [9.17, 15) is 4.79 Å². The topological polar surface area (TPSA) is 38.3 Å². The molecule has 0 aromatic carbocycles. The Labute approximate surface area is 109 Å². The van der Waals surface area contributed by atoms with Crippen molar-refractivity contribution in [3.8, 4) is 0 Å². The Bertz CT molecular complexity index is 334. The number of nitrogens with one attached hydrogen (secondary N) is 1. The second-order valence-electron chi connectivity index (χ2n) is 3.06. The molecule has 0 saturated carbocycles. The summed E-state index contributed by atoms with van der Waals surface area (Å²) in [6.07, 6.45) is 0. The monoisotopic (exact) mass is 355 g/mol. The van der Waals surface area contributed by atoms with Gasteiger partial charge in [0.2, 0.25) is 0 Å². The van der Waals surface area contributed by atoms with Crippen molar-refractivity contribution in [2.45, 2.75) is 13.0 Å².